The molecular weight excluding hydrogens is 481 g/mol. The molecule has 1 aromatic heterocycles. The maximum atomic E-state index is 11.8. The molecule has 2 fully saturated rings. The van der Waals surface area contributed by atoms with Crippen LogP contribution in [0, 0.1) is 5.92 Å². The molecule has 2 aliphatic rings. The van der Waals surface area contributed by atoms with Gasteiger partial charge in [0.05, 0.1) is 27.9 Å². The normalized spacial score (nSPS) is 18.9. The zero-order chi connectivity index (χ0) is 23.0. The average molecular weight is 504 g/mol. The molecule has 10 heteroatoms. The average Bonchev–Trinajstić information content (AvgIpc) is 3.56. The number of nitrogens with zero attached hydrogens (tertiary/aromatic N) is 4. The fourth-order valence-corrected chi connectivity index (χ4v) is 5.27. The molecule has 0 unspecified atom stereocenters. The summed E-state index contributed by atoms with van der Waals surface area (Å²) in [5.41, 5.74) is 5.90. The molecular formula is C23H23Cl2N5O2S. The SMILES string of the molecule is O=S1(=O)CCN(NC(=Nc2cc(-c3ccc(Cl)cc3)n(-c3ccccc3Cl)n2)C2CC2)CC1. The van der Waals surface area contributed by atoms with Gasteiger partial charge in [-0.2, -0.15) is 0 Å². The van der Waals surface area contributed by atoms with E-state index >= 15 is 0 Å². The Morgan fingerprint density at radius 1 is 1.03 bits per heavy atom. The Labute approximate surface area is 202 Å². The van der Waals surface area contributed by atoms with Crippen molar-refractivity contribution >= 4 is 44.7 Å². The first-order chi connectivity index (χ1) is 15.9. The summed E-state index contributed by atoms with van der Waals surface area (Å²) in [7, 11) is -2.94. The fourth-order valence-electron chi connectivity index (χ4n) is 3.73. The van der Waals surface area contributed by atoms with Gasteiger partial charge in [0.25, 0.3) is 0 Å². The van der Waals surface area contributed by atoms with Crippen LogP contribution in [0.15, 0.2) is 59.6 Å². The zero-order valence-corrected chi connectivity index (χ0v) is 20.1. The van der Waals surface area contributed by atoms with Crippen molar-refractivity contribution in [3.8, 4) is 16.9 Å². The summed E-state index contributed by atoms with van der Waals surface area (Å²) >= 11 is 12.6. The van der Waals surface area contributed by atoms with Gasteiger partial charge in [-0.15, -0.1) is 5.10 Å². The van der Waals surface area contributed by atoms with Crippen LogP contribution in [0.4, 0.5) is 5.82 Å². The van der Waals surface area contributed by atoms with E-state index in [1.54, 1.807) is 4.68 Å². The van der Waals surface area contributed by atoms with Crippen molar-refractivity contribution < 1.29 is 8.42 Å². The second-order valence-electron chi connectivity index (χ2n) is 8.28. The predicted molar refractivity (Wildman–Crippen MR) is 132 cm³/mol. The van der Waals surface area contributed by atoms with Crippen molar-refractivity contribution in [1.29, 1.82) is 0 Å². The second-order valence-corrected chi connectivity index (χ2v) is 11.4. The van der Waals surface area contributed by atoms with Gasteiger partial charge in [-0.1, -0.05) is 47.5 Å². The summed E-state index contributed by atoms with van der Waals surface area (Å²) in [6.07, 6.45) is 2.10. The molecule has 2 heterocycles. The molecule has 0 spiro atoms. The third-order valence-electron chi connectivity index (χ3n) is 5.73. The largest absolute Gasteiger partial charge is 0.306 e. The van der Waals surface area contributed by atoms with Gasteiger partial charge in [-0.05, 0) is 37.1 Å². The number of aromatic nitrogens is 2. The maximum Gasteiger partial charge on any atom is 0.176 e. The quantitative estimate of drug-likeness (QED) is 0.408. The molecule has 2 aromatic carbocycles. The lowest BCUT2D eigenvalue weighted by atomic mass is 10.1. The number of benzene rings is 2. The zero-order valence-electron chi connectivity index (χ0n) is 17.8. The van der Waals surface area contributed by atoms with Gasteiger partial charge >= 0.3 is 0 Å². The molecule has 3 aromatic rings. The number of hydrogen-bond donors (Lipinski definition) is 1. The lowest BCUT2D eigenvalue weighted by molar-refractivity contribution is 0.253. The molecule has 0 atom stereocenters. The topological polar surface area (TPSA) is 79.6 Å². The molecule has 5 rings (SSSR count). The number of hydrogen-bond acceptors (Lipinski definition) is 5. The van der Waals surface area contributed by atoms with Gasteiger partial charge in [0.15, 0.2) is 15.7 Å². The third-order valence-corrected chi connectivity index (χ3v) is 7.91. The van der Waals surface area contributed by atoms with E-state index in [9.17, 15) is 8.42 Å². The van der Waals surface area contributed by atoms with Gasteiger partial charge in [0.1, 0.15) is 5.84 Å². The Morgan fingerprint density at radius 2 is 1.73 bits per heavy atom. The predicted octanol–water partition coefficient (Wildman–Crippen LogP) is 4.52. The van der Waals surface area contributed by atoms with Crippen LogP contribution in [0.5, 0.6) is 0 Å². The molecule has 1 saturated carbocycles. The molecule has 0 radical (unpaired) electrons. The standard InChI is InChI=1S/C23H23Cl2N5O2S/c24-18-9-7-16(8-10-18)21-15-22(27-30(21)20-4-2-1-3-19(20)25)26-23(17-5-6-17)28-29-11-13-33(31,32)14-12-29/h1-4,7-10,15,17H,5-6,11-14H2,(H,26,27,28). The fraction of sp³-hybridized carbons (Fsp3) is 0.304. The number of nitrogens with one attached hydrogen (secondary N) is 1. The van der Waals surface area contributed by atoms with Crippen LogP contribution in [0.2, 0.25) is 10.0 Å². The van der Waals surface area contributed by atoms with Crippen LogP contribution in [-0.4, -0.2) is 53.6 Å². The summed E-state index contributed by atoms with van der Waals surface area (Å²) in [6, 6.07) is 17.0. The molecule has 1 N–H and O–H groups in total. The van der Waals surface area contributed by atoms with E-state index in [1.807, 2.05) is 59.6 Å². The van der Waals surface area contributed by atoms with Crippen molar-refractivity contribution in [2.45, 2.75) is 12.8 Å². The van der Waals surface area contributed by atoms with E-state index in [0.29, 0.717) is 34.9 Å². The van der Waals surface area contributed by atoms with Crippen molar-refractivity contribution in [2.75, 3.05) is 24.6 Å². The van der Waals surface area contributed by atoms with Gasteiger partial charge in [-0.3, -0.25) is 0 Å². The lowest BCUT2D eigenvalue weighted by Crippen LogP contribution is -2.50. The van der Waals surface area contributed by atoms with Crippen LogP contribution < -0.4 is 5.43 Å². The highest BCUT2D eigenvalue weighted by molar-refractivity contribution is 7.91. The van der Waals surface area contributed by atoms with Gasteiger partial charge < -0.3 is 5.43 Å². The summed E-state index contributed by atoms with van der Waals surface area (Å²) in [4.78, 5) is 4.84. The van der Waals surface area contributed by atoms with Crippen LogP contribution in [0.3, 0.4) is 0 Å². The Bertz CT molecular complexity index is 1290. The van der Waals surface area contributed by atoms with Gasteiger partial charge in [-0.25, -0.2) is 23.1 Å². The number of aliphatic imine (C=N–C) groups is 1. The summed E-state index contributed by atoms with van der Waals surface area (Å²) in [5, 5.41) is 7.94. The molecule has 1 aliphatic heterocycles. The maximum absolute atomic E-state index is 11.8. The van der Waals surface area contributed by atoms with E-state index in [-0.39, 0.29) is 11.5 Å². The first-order valence-corrected chi connectivity index (χ1v) is 13.4. The van der Waals surface area contributed by atoms with Crippen molar-refractivity contribution in [1.82, 2.24) is 20.2 Å². The highest BCUT2D eigenvalue weighted by Gasteiger charge is 2.31. The van der Waals surface area contributed by atoms with Gasteiger partial charge in [0.2, 0.25) is 0 Å². The van der Waals surface area contributed by atoms with Gasteiger partial charge in [0, 0.05) is 35.7 Å². The molecule has 1 aliphatic carbocycles. The van der Waals surface area contributed by atoms with Crippen LogP contribution in [0.1, 0.15) is 12.8 Å². The minimum absolute atomic E-state index is 0.153. The Morgan fingerprint density at radius 3 is 2.39 bits per heavy atom. The highest BCUT2D eigenvalue weighted by Crippen LogP contribution is 2.34. The van der Waals surface area contributed by atoms with E-state index in [2.05, 4.69) is 5.43 Å². The monoisotopic (exact) mass is 503 g/mol. The molecule has 0 bridgehead atoms. The van der Waals surface area contributed by atoms with E-state index in [4.69, 9.17) is 33.3 Å². The number of hydrazine groups is 1. The highest BCUT2D eigenvalue weighted by atomic mass is 35.5. The van der Waals surface area contributed by atoms with Crippen molar-refractivity contribution in [3.05, 3.63) is 64.6 Å². The van der Waals surface area contributed by atoms with E-state index in [1.165, 1.54) is 0 Å². The second kappa shape index (κ2) is 9.10. The number of rotatable bonds is 5. The van der Waals surface area contributed by atoms with E-state index in [0.717, 1.165) is 35.6 Å². The molecule has 33 heavy (non-hydrogen) atoms. The molecule has 0 amide bonds. The number of amidine groups is 1. The Balaban J connectivity index is 1.51. The van der Waals surface area contributed by atoms with E-state index < -0.39 is 9.84 Å². The summed E-state index contributed by atoms with van der Waals surface area (Å²) < 4.78 is 25.3. The smallest absolute Gasteiger partial charge is 0.176 e. The van der Waals surface area contributed by atoms with Crippen molar-refractivity contribution in [2.24, 2.45) is 10.9 Å². The number of halogens is 2. The van der Waals surface area contributed by atoms with Crippen LogP contribution in [0.25, 0.3) is 16.9 Å². The number of para-hydroxylation sites is 1. The molecule has 172 valence electrons. The van der Waals surface area contributed by atoms with Crippen LogP contribution >= 0.6 is 23.2 Å². The third kappa shape index (κ3) is 5.24. The first kappa shape index (κ1) is 22.4. The lowest BCUT2D eigenvalue weighted by Gasteiger charge is -2.28. The molecule has 7 nitrogen and oxygen atoms in total. The Kier molecular flexibility index (Phi) is 6.18. The first-order valence-electron chi connectivity index (χ1n) is 10.8. The minimum Gasteiger partial charge on any atom is -0.306 e. The Hall–Kier alpha value is -2.39. The number of sulfone groups is 1. The molecule has 1 saturated heterocycles. The minimum atomic E-state index is -2.94. The van der Waals surface area contributed by atoms with Crippen LogP contribution in [-0.2, 0) is 9.84 Å². The summed E-state index contributed by atoms with van der Waals surface area (Å²) in [6.45, 7) is 0.885. The van der Waals surface area contributed by atoms with Crippen molar-refractivity contribution in [3.63, 3.8) is 0 Å². The summed E-state index contributed by atoms with van der Waals surface area (Å²) in [5.74, 6) is 2.01.